The number of nitrogens with two attached hydrogens (primary N) is 1. The normalized spacial score (nSPS) is 27.4. The van der Waals surface area contributed by atoms with Gasteiger partial charge in [0.15, 0.2) is 0 Å². The van der Waals surface area contributed by atoms with Gasteiger partial charge in [-0.25, -0.2) is 0 Å². The minimum absolute atomic E-state index is 0.330. The van der Waals surface area contributed by atoms with Crippen LogP contribution >= 0.6 is 12.6 Å². The summed E-state index contributed by atoms with van der Waals surface area (Å²) in [7, 11) is 0. The smallest absolute Gasteiger partial charge is 0.338 e. The zero-order valence-electron chi connectivity index (χ0n) is 4.07. The first kappa shape index (κ1) is 6.31. The van der Waals surface area contributed by atoms with Crippen LogP contribution in [0.15, 0.2) is 0 Å². The van der Waals surface area contributed by atoms with E-state index in [1.54, 1.807) is 0 Å². The van der Waals surface area contributed by atoms with E-state index in [1.807, 2.05) is 0 Å². The second-order valence-electron chi connectivity index (χ2n) is 1.59. The molecular weight excluding hydrogens is 130 g/mol. The molecule has 1 atom stereocenters. The number of rotatable bonds is 2. The molecular formula is C3H7NO3S. The third-order valence-electron chi connectivity index (χ3n) is 0.919. The fourth-order valence-electron chi connectivity index (χ4n) is 0.282. The molecule has 1 heterocycles. The van der Waals surface area contributed by atoms with Gasteiger partial charge in [-0.05, 0) is 0 Å². The van der Waals surface area contributed by atoms with E-state index >= 15 is 0 Å². The highest BCUT2D eigenvalue weighted by atomic mass is 32.1. The Labute approximate surface area is 51.9 Å². The van der Waals surface area contributed by atoms with E-state index in [0.717, 1.165) is 0 Å². The number of thiol groups is 1. The van der Waals surface area contributed by atoms with Gasteiger partial charge in [-0.3, -0.25) is 0 Å². The third-order valence-corrected chi connectivity index (χ3v) is 1.31. The van der Waals surface area contributed by atoms with Crippen molar-refractivity contribution in [3.63, 3.8) is 0 Å². The lowest BCUT2D eigenvalue weighted by Crippen LogP contribution is -2.38. The average Bonchev–Trinajstić information content (AvgIpc) is 2.47. The third kappa shape index (κ3) is 0.958. The molecule has 5 heteroatoms. The minimum Gasteiger partial charge on any atom is -0.338 e. The van der Waals surface area contributed by atoms with Gasteiger partial charge >= 0.3 is 5.97 Å². The van der Waals surface area contributed by atoms with Crippen molar-refractivity contribution in [1.82, 2.24) is 0 Å². The summed E-state index contributed by atoms with van der Waals surface area (Å²) in [5.41, 5.74) is 5.24. The number of aliphatic hydroxyl groups is 1. The standard InChI is InChI=1S/C3H7NO3S/c4-2(1-8)3(5)6-7-3/h2,5,8H,1,4H2/t2-/m0/s1. The molecule has 0 spiro atoms. The van der Waals surface area contributed by atoms with Crippen molar-refractivity contribution in [2.45, 2.75) is 12.0 Å². The van der Waals surface area contributed by atoms with E-state index in [1.165, 1.54) is 0 Å². The molecule has 1 aliphatic heterocycles. The largest absolute Gasteiger partial charge is 0.353 e. The monoisotopic (exact) mass is 137 g/mol. The van der Waals surface area contributed by atoms with Gasteiger partial charge in [0.05, 0.1) is 0 Å². The fraction of sp³-hybridized carbons (Fsp3) is 1.00. The quantitative estimate of drug-likeness (QED) is 0.255. The highest BCUT2D eigenvalue weighted by Crippen LogP contribution is 2.28. The van der Waals surface area contributed by atoms with Gasteiger partial charge in [-0.15, -0.1) is 0 Å². The maximum Gasteiger partial charge on any atom is 0.353 e. The second kappa shape index (κ2) is 1.85. The zero-order chi connectivity index (χ0) is 6.20. The predicted octanol–water partition coefficient (Wildman–Crippen LogP) is -1.15. The predicted molar refractivity (Wildman–Crippen MR) is 28.9 cm³/mol. The number of hydrogen-bond donors (Lipinski definition) is 3. The molecule has 3 N–H and O–H groups in total. The summed E-state index contributed by atoms with van der Waals surface area (Å²) in [4.78, 5) is 8.26. The van der Waals surface area contributed by atoms with Crippen molar-refractivity contribution < 1.29 is 14.9 Å². The molecule has 0 unspecified atom stereocenters. The van der Waals surface area contributed by atoms with Crippen LogP contribution in [0.5, 0.6) is 0 Å². The highest BCUT2D eigenvalue weighted by Gasteiger charge is 2.52. The second-order valence-corrected chi connectivity index (χ2v) is 1.95. The van der Waals surface area contributed by atoms with Crippen LogP contribution in [0, 0.1) is 0 Å². The summed E-state index contributed by atoms with van der Waals surface area (Å²) >= 11 is 3.80. The van der Waals surface area contributed by atoms with Gasteiger partial charge in [0.2, 0.25) is 0 Å². The summed E-state index contributed by atoms with van der Waals surface area (Å²) in [6, 6.07) is -0.564. The molecule has 1 aliphatic rings. The van der Waals surface area contributed by atoms with Crippen LogP contribution in [0.3, 0.4) is 0 Å². The lowest BCUT2D eigenvalue weighted by molar-refractivity contribution is 0.0112. The van der Waals surface area contributed by atoms with Crippen LogP contribution in [-0.4, -0.2) is 22.9 Å². The summed E-state index contributed by atoms with van der Waals surface area (Å²) in [5, 5.41) is 8.78. The van der Waals surface area contributed by atoms with Crippen LogP contribution in [0.2, 0.25) is 0 Å². The van der Waals surface area contributed by atoms with Gasteiger partial charge < -0.3 is 10.8 Å². The first-order valence-corrected chi connectivity index (χ1v) is 2.78. The van der Waals surface area contributed by atoms with E-state index in [4.69, 9.17) is 10.8 Å². The van der Waals surface area contributed by atoms with Gasteiger partial charge in [0.25, 0.3) is 0 Å². The molecule has 0 bridgehead atoms. The Kier molecular flexibility index (Phi) is 1.46. The molecule has 0 amide bonds. The average molecular weight is 137 g/mol. The Morgan fingerprint density at radius 3 is 2.38 bits per heavy atom. The van der Waals surface area contributed by atoms with Crippen LogP contribution in [-0.2, 0) is 9.78 Å². The van der Waals surface area contributed by atoms with Gasteiger partial charge in [0.1, 0.15) is 6.04 Å². The topological polar surface area (TPSA) is 71.3 Å². The summed E-state index contributed by atoms with van der Waals surface area (Å²) < 4.78 is 0. The van der Waals surface area contributed by atoms with E-state index < -0.39 is 12.0 Å². The first-order valence-electron chi connectivity index (χ1n) is 2.15. The Hall–Kier alpha value is 0.190. The summed E-state index contributed by atoms with van der Waals surface area (Å²) in [6.45, 7) is 0. The maximum atomic E-state index is 8.78. The lowest BCUT2D eigenvalue weighted by atomic mass is 10.3. The Bertz CT molecular complexity index is 94.5. The van der Waals surface area contributed by atoms with Crippen molar-refractivity contribution in [1.29, 1.82) is 0 Å². The molecule has 1 rings (SSSR count). The van der Waals surface area contributed by atoms with Gasteiger partial charge in [-0.1, -0.05) is 0 Å². The molecule has 0 saturated carbocycles. The molecule has 1 fully saturated rings. The van der Waals surface area contributed by atoms with Gasteiger partial charge in [0, 0.05) is 5.75 Å². The Balaban J connectivity index is 2.34. The highest BCUT2D eigenvalue weighted by molar-refractivity contribution is 7.80. The molecule has 48 valence electrons. The van der Waals surface area contributed by atoms with Crippen molar-refractivity contribution in [2.24, 2.45) is 5.73 Å². The van der Waals surface area contributed by atoms with Gasteiger partial charge in [-0.2, -0.15) is 22.4 Å². The van der Waals surface area contributed by atoms with E-state index in [0.29, 0.717) is 5.75 Å². The summed E-state index contributed by atoms with van der Waals surface area (Å²) in [5.74, 6) is -1.21. The van der Waals surface area contributed by atoms with E-state index in [9.17, 15) is 0 Å². The SMILES string of the molecule is N[C@@H](CS)C1(O)OO1. The van der Waals surface area contributed by atoms with Crippen molar-refractivity contribution >= 4 is 12.6 Å². The molecule has 0 aromatic heterocycles. The van der Waals surface area contributed by atoms with Crippen molar-refractivity contribution in [2.75, 3.05) is 5.75 Å². The van der Waals surface area contributed by atoms with Crippen molar-refractivity contribution in [3.8, 4) is 0 Å². The first-order chi connectivity index (χ1) is 3.69. The Morgan fingerprint density at radius 2 is 2.25 bits per heavy atom. The maximum absolute atomic E-state index is 8.78. The molecule has 0 aromatic rings. The Morgan fingerprint density at radius 1 is 1.75 bits per heavy atom. The van der Waals surface area contributed by atoms with Crippen LogP contribution < -0.4 is 5.73 Å². The molecule has 4 nitrogen and oxygen atoms in total. The van der Waals surface area contributed by atoms with E-state index in [-0.39, 0.29) is 0 Å². The van der Waals surface area contributed by atoms with Crippen LogP contribution in [0.25, 0.3) is 0 Å². The minimum atomic E-state index is -1.54. The molecule has 1 saturated heterocycles. The van der Waals surface area contributed by atoms with Crippen LogP contribution in [0.1, 0.15) is 0 Å². The fourth-order valence-corrected chi connectivity index (χ4v) is 0.512. The van der Waals surface area contributed by atoms with Crippen molar-refractivity contribution in [3.05, 3.63) is 0 Å². The molecule has 0 aliphatic carbocycles. The lowest BCUT2D eigenvalue weighted by Gasteiger charge is -2.04. The zero-order valence-corrected chi connectivity index (χ0v) is 4.97. The molecule has 0 radical (unpaired) electrons. The number of hydrogen-bond acceptors (Lipinski definition) is 5. The summed E-state index contributed by atoms with van der Waals surface area (Å²) in [6.07, 6.45) is 0. The molecule has 0 aromatic carbocycles. The van der Waals surface area contributed by atoms with E-state index in [2.05, 4.69) is 22.4 Å². The molecule has 8 heavy (non-hydrogen) atoms. The van der Waals surface area contributed by atoms with Crippen LogP contribution in [0.4, 0.5) is 0 Å².